The van der Waals surface area contributed by atoms with Gasteiger partial charge in [0.25, 0.3) is 5.67 Å². The number of alkyl halides is 1. The number of thiazole rings is 1. The number of Topliss-reactive ketones (excluding diaryl/α,β-unsaturated/α-hetero) is 1. The summed E-state index contributed by atoms with van der Waals surface area (Å²) in [6.45, 7) is 14.8. The number of aliphatic hydroxyl groups is 1. The van der Waals surface area contributed by atoms with Gasteiger partial charge in [0.05, 0.1) is 40.3 Å². The van der Waals surface area contributed by atoms with E-state index in [2.05, 4.69) is 20.6 Å². The molecule has 65 heavy (non-hydrogen) atoms. The molecular formula is C45H69F2N7O9S2. The molecule has 0 saturated carbocycles. The molecule has 0 bridgehead atoms. The zero-order valence-corrected chi connectivity index (χ0v) is 41.4. The fourth-order valence-corrected chi connectivity index (χ4v) is 10.6. The number of hydrogen-bond donors (Lipinski definition) is 2. The van der Waals surface area contributed by atoms with Gasteiger partial charge in [0.15, 0.2) is 17.7 Å². The van der Waals surface area contributed by atoms with Crippen molar-refractivity contribution < 1.29 is 51.5 Å². The Morgan fingerprint density at radius 2 is 1.77 bits per heavy atom. The lowest BCUT2D eigenvalue weighted by Gasteiger charge is -2.47. The standard InChI is InChI=1S/C44H66FN7O9S.CH3FS/c1-12-33-44(8)35(52(41(56)61-44)20-16-15-19-51-24-30(48-49-51)38-47-29-17-13-14-18-32(29)62-38)28(5)46-23-25(2)22-42(6,57-11)37(27(4)36(54)43(7,45)40(55)59-33)60-39-34(53)31(50(9)10)21-26(3)58-39;1-3-2/h13-14,17-18,24-28,31,33-35,37,39,46,53H,12,15-16,19-23H2,1-11H3;1H3/t25-,26-,27-,28-,31?,33-,34?,35-,37-,39+,42-,43?,44-;/m1./s1. The molecule has 0 radical (unpaired) electrons. The first kappa shape index (κ1) is 52.6. The monoisotopic (exact) mass is 953 g/mol. The highest BCUT2D eigenvalue weighted by Gasteiger charge is 2.60. The Morgan fingerprint density at radius 3 is 2.42 bits per heavy atom. The molecule has 1 aromatic carbocycles. The Bertz CT molecular complexity index is 2030. The van der Waals surface area contributed by atoms with E-state index >= 15 is 4.39 Å². The van der Waals surface area contributed by atoms with Crippen LogP contribution < -0.4 is 5.32 Å². The second kappa shape index (κ2) is 22.2. The summed E-state index contributed by atoms with van der Waals surface area (Å²) in [6, 6.07) is 6.56. The number of aromatic nitrogens is 4. The van der Waals surface area contributed by atoms with Gasteiger partial charge in [-0.05, 0) is 105 Å². The maximum absolute atomic E-state index is 17.0. The number of hydrogen-bond acceptors (Lipinski definition) is 16. The summed E-state index contributed by atoms with van der Waals surface area (Å²) in [5.74, 6) is -3.85. The fraction of sp³-hybridized carbons (Fsp3) is 0.733. The Balaban J connectivity index is 0.00000257. The number of nitrogens with one attached hydrogen (secondary N) is 1. The number of ketones is 1. The van der Waals surface area contributed by atoms with Gasteiger partial charge < -0.3 is 39.0 Å². The molecule has 1 amide bonds. The molecule has 20 heteroatoms. The van der Waals surface area contributed by atoms with E-state index in [1.807, 2.05) is 70.2 Å². The van der Waals surface area contributed by atoms with Gasteiger partial charge in [-0.25, -0.2) is 19.0 Å². The quantitative estimate of drug-likeness (QED) is 0.119. The third kappa shape index (κ3) is 11.7. The van der Waals surface area contributed by atoms with Crippen molar-refractivity contribution in [3.8, 4) is 10.7 Å². The van der Waals surface area contributed by atoms with Gasteiger partial charge in [0.2, 0.25) is 0 Å². The number of ether oxygens (including phenoxy) is 5. The number of likely N-dealkylation sites (N-methyl/N-ethyl adjacent to an activating group) is 1. The third-order valence-electron chi connectivity index (χ3n) is 13.2. The van der Waals surface area contributed by atoms with Crippen molar-refractivity contribution >= 4 is 51.5 Å². The minimum absolute atomic E-state index is 0.115. The van der Waals surface area contributed by atoms with E-state index in [0.29, 0.717) is 51.0 Å². The molecule has 3 aliphatic rings. The second-order valence-electron chi connectivity index (χ2n) is 18.5. The first-order valence-electron chi connectivity index (χ1n) is 22.4. The number of benzene rings is 1. The van der Waals surface area contributed by atoms with Crippen molar-refractivity contribution in [2.45, 2.75) is 160 Å². The number of unbranched alkanes of at least 4 members (excludes halogenated alkanes) is 1. The first-order valence-corrected chi connectivity index (χ1v) is 24.4. The summed E-state index contributed by atoms with van der Waals surface area (Å²) in [5.41, 5.74) is -4.18. The largest absolute Gasteiger partial charge is 0.455 e. The molecule has 16 nitrogen and oxygen atoms in total. The summed E-state index contributed by atoms with van der Waals surface area (Å²) in [7, 11) is 5.21. The molecule has 3 saturated heterocycles. The van der Waals surface area contributed by atoms with Gasteiger partial charge in [-0.2, -0.15) is 3.89 Å². The first-order chi connectivity index (χ1) is 30.6. The predicted octanol–water partition coefficient (Wildman–Crippen LogP) is 6.64. The third-order valence-corrected chi connectivity index (χ3v) is 14.2. The van der Waals surface area contributed by atoms with Crippen LogP contribution in [0.1, 0.15) is 87.5 Å². The number of rotatable bonds is 11. The molecule has 0 spiro atoms. The summed E-state index contributed by atoms with van der Waals surface area (Å²) >= 11 is 1.81. The van der Waals surface area contributed by atoms with Crippen LogP contribution in [-0.2, 0) is 39.8 Å². The lowest BCUT2D eigenvalue weighted by molar-refractivity contribution is -0.295. The van der Waals surface area contributed by atoms with Crippen LogP contribution in [0.15, 0.2) is 30.5 Å². The van der Waals surface area contributed by atoms with Crippen LogP contribution in [-0.4, -0.2) is 159 Å². The van der Waals surface area contributed by atoms with Gasteiger partial charge in [-0.1, -0.05) is 38.1 Å². The Hall–Kier alpha value is -3.37. The number of fused-ring (bicyclic) bond motifs is 2. The number of halogens is 2. The number of carbonyl (C=O) groups is 3. The number of nitrogens with zero attached hydrogens (tertiary/aromatic N) is 6. The molecule has 6 rings (SSSR count). The van der Waals surface area contributed by atoms with Gasteiger partial charge in [0.1, 0.15) is 22.9 Å². The number of aryl methyl sites for hydroxylation is 1. The molecule has 2 aromatic heterocycles. The maximum atomic E-state index is 17.0. The van der Waals surface area contributed by atoms with Crippen LogP contribution in [0.5, 0.6) is 0 Å². The molecule has 5 heterocycles. The van der Waals surface area contributed by atoms with E-state index in [4.69, 9.17) is 23.7 Å². The Morgan fingerprint density at radius 1 is 1.09 bits per heavy atom. The van der Waals surface area contributed by atoms with Gasteiger partial charge in [0, 0.05) is 56.6 Å². The molecule has 3 aliphatic heterocycles. The van der Waals surface area contributed by atoms with Crippen LogP contribution in [0.4, 0.5) is 13.1 Å². The van der Waals surface area contributed by atoms with Crippen LogP contribution in [0, 0.1) is 11.8 Å². The smallest absolute Gasteiger partial charge is 0.410 e. The van der Waals surface area contributed by atoms with E-state index in [-0.39, 0.29) is 36.6 Å². The average Bonchev–Trinajstić information content (AvgIpc) is 3.98. The maximum Gasteiger partial charge on any atom is 0.410 e. The lowest BCUT2D eigenvalue weighted by atomic mass is 9.78. The summed E-state index contributed by atoms with van der Waals surface area (Å²) in [6.07, 6.45) is 0.145. The molecule has 2 N–H and O–H groups in total. The molecule has 3 fully saturated rings. The van der Waals surface area contributed by atoms with Crippen molar-refractivity contribution in [3.63, 3.8) is 0 Å². The summed E-state index contributed by atoms with van der Waals surface area (Å²) < 4.78 is 61.0. The van der Waals surface area contributed by atoms with E-state index in [0.717, 1.165) is 22.1 Å². The van der Waals surface area contributed by atoms with Crippen molar-refractivity contribution in [1.29, 1.82) is 0 Å². The van der Waals surface area contributed by atoms with E-state index in [1.165, 1.54) is 20.3 Å². The number of cyclic esters (lactones) is 1. The van der Waals surface area contributed by atoms with Crippen molar-refractivity contribution in [3.05, 3.63) is 30.5 Å². The highest BCUT2D eigenvalue weighted by Crippen LogP contribution is 2.41. The number of aliphatic hydroxyl groups excluding tert-OH is 1. The minimum atomic E-state index is -3.13. The zero-order valence-electron chi connectivity index (χ0n) is 39.8. The normalized spacial score (nSPS) is 35.2. The topological polar surface area (TPSA) is 180 Å². The number of methoxy groups -OCH3 is 1. The number of esters is 1. The van der Waals surface area contributed by atoms with Crippen molar-refractivity contribution in [1.82, 2.24) is 35.1 Å². The SMILES string of the molecule is CC[C@H]1OC(=O)C(C)(F)C(=O)[C@@H](C)[C@@H](O[C@@H]2O[C@H](C)CC(N(C)C)C2O)[C@](C)(OC)C[C@@H](C)CN[C@H](C)[C@H]2N(CCCCn3cc(-c4nc5ccccc5s4)nn3)C(=O)O[C@]12C.CSF. The molecular weight excluding hydrogens is 885 g/mol. The number of amides is 1. The highest BCUT2D eigenvalue weighted by molar-refractivity contribution is 7.93. The average molecular weight is 954 g/mol. The number of carbonyl (C=O) groups excluding carboxylic acids is 3. The van der Waals surface area contributed by atoms with Crippen LogP contribution in [0.2, 0.25) is 0 Å². The van der Waals surface area contributed by atoms with Gasteiger partial charge in [-0.15, -0.1) is 16.4 Å². The Labute approximate surface area is 390 Å². The molecule has 0 aliphatic carbocycles. The van der Waals surface area contributed by atoms with Gasteiger partial charge >= 0.3 is 12.1 Å². The second-order valence-corrected chi connectivity index (χ2v) is 19.9. The minimum Gasteiger partial charge on any atom is -0.455 e. The van der Waals surface area contributed by atoms with E-state index < -0.39 is 77.3 Å². The molecule has 3 unspecified atom stereocenters. The van der Waals surface area contributed by atoms with E-state index in [1.54, 1.807) is 41.7 Å². The van der Waals surface area contributed by atoms with Crippen LogP contribution >= 0.6 is 23.5 Å². The predicted molar refractivity (Wildman–Crippen MR) is 246 cm³/mol. The van der Waals surface area contributed by atoms with Crippen molar-refractivity contribution in [2.75, 3.05) is 40.6 Å². The fourth-order valence-electron chi connectivity index (χ4n) is 9.71. The van der Waals surface area contributed by atoms with Gasteiger partial charge in [-0.3, -0.25) is 14.4 Å². The lowest BCUT2D eigenvalue weighted by Crippen LogP contribution is -2.61. The molecule has 364 valence electrons. The van der Waals surface area contributed by atoms with Crippen molar-refractivity contribution in [2.24, 2.45) is 11.8 Å². The summed E-state index contributed by atoms with van der Waals surface area (Å²) in [5, 5.41) is 24.5. The van der Waals surface area contributed by atoms with E-state index in [9.17, 15) is 23.4 Å². The summed E-state index contributed by atoms with van der Waals surface area (Å²) in [4.78, 5) is 50.4. The number of para-hydroxylation sites is 1. The highest BCUT2D eigenvalue weighted by atomic mass is 32.2. The Kier molecular flexibility index (Phi) is 17.9. The zero-order chi connectivity index (χ0) is 48.0. The van der Waals surface area contributed by atoms with Crippen LogP contribution in [0.3, 0.4) is 0 Å². The molecule has 3 aromatic rings. The molecule has 13 atom stereocenters. The van der Waals surface area contributed by atoms with Crippen LogP contribution in [0.25, 0.3) is 20.9 Å².